The molecule has 0 bridgehead atoms. The Morgan fingerprint density at radius 3 is 2.38 bits per heavy atom. The van der Waals surface area contributed by atoms with Crippen LogP contribution < -0.4 is 4.90 Å². The fraction of sp³-hybridized carbons (Fsp3) is 0.650. The number of carboxylic acid groups (broad SMARTS) is 1. The van der Waals surface area contributed by atoms with E-state index in [1.807, 2.05) is 11.9 Å². The lowest BCUT2D eigenvalue weighted by Crippen LogP contribution is -2.52. The zero-order chi connectivity index (χ0) is 21.2. The van der Waals surface area contributed by atoms with Crippen LogP contribution in [0, 0.1) is 0 Å². The van der Waals surface area contributed by atoms with Gasteiger partial charge in [-0.15, -0.1) is 0 Å². The number of benzene rings is 1. The fourth-order valence-corrected chi connectivity index (χ4v) is 3.98. The number of nitrogens with zero attached hydrogens (tertiary/aromatic N) is 3. The minimum atomic E-state index is -4.39. The number of likely N-dealkylation sites (tertiary alicyclic amines) is 1. The van der Waals surface area contributed by atoms with Crippen LogP contribution in [0.2, 0.25) is 0 Å². The number of carbonyl (C=O) groups is 1. The van der Waals surface area contributed by atoms with Gasteiger partial charge in [0.2, 0.25) is 0 Å². The van der Waals surface area contributed by atoms with Gasteiger partial charge in [-0.2, -0.15) is 13.2 Å². The van der Waals surface area contributed by atoms with Gasteiger partial charge in [0.1, 0.15) is 0 Å². The van der Waals surface area contributed by atoms with E-state index in [0.717, 1.165) is 11.6 Å². The molecule has 1 aromatic carbocycles. The van der Waals surface area contributed by atoms with Crippen molar-refractivity contribution in [1.82, 2.24) is 9.80 Å². The topological polar surface area (TPSA) is 56.2 Å². The van der Waals surface area contributed by atoms with Crippen molar-refractivity contribution in [1.29, 1.82) is 0 Å². The smallest absolute Gasteiger partial charge is 0.416 e. The van der Waals surface area contributed by atoms with E-state index in [0.29, 0.717) is 64.5 Å². The number of hydrogen-bond donors (Lipinski definition) is 1. The fourth-order valence-electron chi connectivity index (χ4n) is 3.98. The van der Waals surface area contributed by atoms with Gasteiger partial charge in [0.25, 0.3) is 0 Å². The normalized spacial score (nSPS) is 20.2. The van der Waals surface area contributed by atoms with E-state index in [-0.39, 0.29) is 5.54 Å². The molecule has 2 aliphatic heterocycles. The molecule has 6 nitrogen and oxygen atoms in total. The summed E-state index contributed by atoms with van der Waals surface area (Å²) in [7, 11) is 1.96. The van der Waals surface area contributed by atoms with Crippen LogP contribution in [-0.4, -0.2) is 73.0 Å². The maximum atomic E-state index is 13.3. The Morgan fingerprint density at radius 2 is 1.83 bits per heavy atom. The van der Waals surface area contributed by atoms with E-state index in [9.17, 15) is 18.0 Å². The molecule has 2 aliphatic rings. The number of rotatable bonds is 4. The number of piperidine rings is 1. The van der Waals surface area contributed by atoms with Gasteiger partial charge in [-0.25, -0.2) is 4.79 Å². The van der Waals surface area contributed by atoms with Crippen LogP contribution in [0.1, 0.15) is 30.9 Å². The van der Waals surface area contributed by atoms with Gasteiger partial charge in [0.05, 0.1) is 18.8 Å². The van der Waals surface area contributed by atoms with Gasteiger partial charge in [0, 0.05) is 44.0 Å². The summed E-state index contributed by atoms with van der Waals surface area (Å²) in [6.07, 6.45) is -3.93. The number of halogens is 3. The molecular weight excluding hydrogens is 387 g/mol. The van der Waals surface area contributed by atoms with E-state index in [4.69, 9.17) is 9.84 Å². The summed E-state index contributed by atoms with van der Waals surface area (Å²) in [5, 5.41) is 9.16. The lowest BCUT2D eigenvalue weighted by atomic mass is 9.87. The molecule has 1 amide bonds. The Kier molecular flexibility index (Phi) is 6.28. The highest BCUT2D eigenvalue weighted by Crippen LogP contribution is 2.36. The number of hydrogen-bond acceptors (Lipinski definition) is 4. The van der Waals surface area contributed by atoms with E-state index in [1.165, 1.54) is 11.0 Å². The Balaban J connectivity index is 1.81. The molecular formula is C20H28F3N3O3. The third-order valence-corrected chi connectivity index (χ3v) is 6.20. The highest BCUT2D eigenvalue weighted by atomic mass is 19.4. The first-order valence-corrected chi connectivity index (χ1v) is 9.82. The third kappa shape index (κ3) is 4.95. The molecule has 29 heavy (non-hydrogen) atoms. The van der Waals surface area contributed by atoms with Crippen LogP contribution >= 0.6 is 0 Å². The molecule has 0 unspecified atom stereocenters. The summed E-state index contributed by atoms with van der Waals surface area (Å²) in [5.41, 5.74) is 0.578. The van der Waals surface area contributed by atoms with E-state index in [1.54, 1.807) is 6.07 Å². The molecule has 0 aliphatic carbocycles. The summed E-state index contributed by atoms with van der Waals surface area (Å²) in [6, 6.07) is 3.95. The molecule has 0 saturated carbocycles. The van der Waals surface area contributed by atoms with Crippen molar-refractivity contribution >= 4 is 11.8 Å². The van der Waals surface area contributed by atoms with E-state index >= 15 is 0 Å². The largest absolute Gasteiger partial charge is 0.465 e. The lowest BCUT2D eigenvalue weighted by Gasteiger charge is -2.45. The number of morpholine rings is 1. The summed E-state index contributed by atoms with van der Waals surface area (Å²) in [4.78, 5) is 16.7. The second-order valence-corrected chi connectivity index (χ2v) is 8.06. The predicted octanol–water partition coefficient (Wildman–Crippen LogP) is 3.51. The highest BCUT2D eigenvalue weighted by molar-refractivity contribution is 5.65. The summed E-state index contributed by atoms with van der Waals surface area (Å²) < 4.78 is 45.2. The van der Waals surface area contributed by atoms with Crippen LogP contribution in [0.15, 0.2) is 18.2 Å². The van der Waals surface area contributed by atoms with Crippen molar-refractivity contribution in [3.8, 4) is 0 Å². The molecule has 9 heteroatoms. The molecule has 0 spiro atoms. The van der Waals surface area contributed by atoms with Crippen LogP contribution in [0.5, 0.6) is 0 Å². The van der Waals surface area contributed by atoms with E-state index < -0.39 is 17.8 Å². The van der Waals surface area contributed by atoms with E-state index in [2.05, 4.69) is 11.8 Å². The lowest BCUT2D eigenvalue weighted by molar-refractivity contribution is -0.137. The SMILES string of the molecule is CN(Cc1ccc(C(F)(F)F)cc1N1CCOCC1)C1(C)CCN(C(=O)O)CC1. The Hall–Kier alpha value is -2.00. The van der Waals surface area contributed by atoms with Crippen LogP contribution in [-0.2, 0) is 17.5 Å². The van der Waals surface area contributed by atoms with Gasteiger partial charge in [0.15, 0.2) is 0 Å². The molecule has 1 aromatic rings. The van der Waals surface area contributed by atoms with Crippen molar-refractivity contribution in [3.63, 3.8) is 0 Å². The van der Waals surface area contributed by atoms with Gasteiger partial charge in [-0.3, -0.25) is 4.90 Å². The van der Waals surface area contributed by atoms with Crippen molar-refractivity contribution in [3.05, 3.63) is 29.3 Å². The summed E-state index contributed by atoms with van der Waals surface area (Å²) >= 11 is 0. The second kappa shape index (κ2) is 8.39. The number of alkyl halides is 3. The monoisotopic (exact) mass is 415 g/mol. The number of ether oxygens (including phenoxy) is 1. The van der Waals surface area contributed by atoms with Crippen LogP contribution in [0.4, 0.5) is 23.7 Å². The predicted molar refractivity (Wildman–Crippen MR) is 103 cm³/mol. The minimum absolute atomic E-state index is 0.211. The molecule has 2 fully saturated rings. The maximum absolute atomic E-state index is 13.3. The molecule has 3 rings (SSSR count). The summed E-state index contributed by atoms with van der Waals surface area (Å²) in [5.74, 6) is 0. The van der Waals surface area contributed by atoms with Gasteiger partial charge in [-0.1, -0.05) is 6.07 Å². The maximum Gasteiger partial charge on any atom is 0.416 e. The Morgan fingerprint density at radius 1 is 1.21 bits per heavy atom. The van der Waals surface area contributed by atoms with Crippen molar-refractivity contribution in [2.45, 2.75) is 38.0 Å². The molecule has 0 radical (unpaired) electrons. The van der Waals surface area contributed by atoms with Gasteiger partial charge >= 0.3 is 12.3 Å². The first kappa shape index (κ1) is 21.7. The zero-order valence-corrected chi connectivity index (χ0v) is 16.8. The van der Waals surface area contributed by atoms with Crippen LogP contribution in [0.3, 0.4) is 0 Å². The van der Waals surface area contributed by atoms with Crippen molar-refractivity contribution < 1.29 is 27.8 Å². The van der Waals surface area contributed by atoms with Crippen LogP contribution in [0.25, 0.3) is 0 Å². The third-order valence-electron chi connectivity index (χ3n) is 6.20. The number of anilines is 1. The molecule has 0 atom stereocenters. The molecule has 162 valence electrons. The molecule has 2 saturated heterocycles. The van der Waals surface area contributed by atoms with Gasteiger partial charge < -0.3 is 19.6 Å². The Bertz CT molecular complexity index is 727. The highest BCUT2D eigenvalue weighted by Gasteiger charge is 2.36. The Labute approximate surface area is 168 Å². The zero-order valence-electron chi connectivity index (χ0n) is 16.8. The van der Waals surface area contributed by atoms with Gasteiger partial charge in [-0.05, 0) is 44.5 Å². The minimum Gasteiger partial charge on any atom is -0.465 e. The molecule has 2 heterocycles. The molecule has 0 aromatic heterocycles. The standard InChI is InChI=1S/C20H28F3N3O3/c1-19(5-7-26(8-6-19)18(27)28)24(2)14-15-3-4-16(20(21,22)23)13-17(15)25-9-11-29-12-10-25/h3-4,13H,5-12,14H2,1-2H3,(H,27,28). The molecule has 1 N–H and O–H groups in total. The average Bonchev–Trinajstić information content (AvgIpc) is 2.68. The first-order valence-electron chi connectivity index (χ1n) is 9.82. The average molecular weight is 415 g/mol. The second-order valence-electron chi connectivity index (χ2n) is 8.06. The summed E-state index contributed by atoms with van der Waals surface area (Å²) in [6.45, 7) is 5.60. The quantitative estimate of drug-likeness (QED) is 0.816. The van der Waals surface area contributed by atoms with Crippen molar-refractivity contribution in [2.24, 2.45) is 0 Å². The number of amides is 1. The van der Waals surface area contributed by atoms with Crippen molar-refractivity contribution in [2.75, 3.05) is 51.3 Å². The first-order chi connectivity index (χ1) is 13.6.